The number of aliphatic hydroxyl groups excluding tert-OH is 1. The van der Waals surface area contributed by atoms with E-state index in [9.17, 15) is 4.39 Å². The van der Waals surface area contributed by atoms with Gasteiger partial charge in [0.15, 0.2) is 0 Å². The number of aliphatic hydroxyl groups is 1. The number of ether oxygens (including phenoxy) is 1. The topological polar surface area (TPSA) is 29.5 Å². The molecule has 0 fully saturated rings. The highest BCUT2D eigenvalue weighted by Gasteiger charge is 2.05. The van der Waals surface area contributed by atoms with E-state index in [4.69, 9.17) is 9.84 Å². The van der Waals surface area contributed by atoms with Gasteiger partial charge in [-0.2, -0.15) is 0 Å². The molecule has 0 aliphatic rings. The third-order valence-corrected chi connectivity index (χ3v) is 3.70. The second-order valence-corrected chi connectivity index (χ2v) is 5.30. The minimum absolute atomic E-state index is 0.0478. The molecule has 0 spiro atoms. The zero-order valence-corrected chi connectivity index (χ0v) is 12.3. The number of hydrogen-bond acceptors (Lipinski definition) is 2. The van der Waals surface area contributed by atoms with Gasteiger partial charge in [0.2, 0.25) is 0 Å². The maximum atomic E-state index is 13.3. The summed E-state index contributed by atoms with van der Waals surface area (Å²) in [5, 5.41) is 9.04. The molecule has 0 aliphatic heterocycles. The van der Waals surface area contributed by atoms with Crippen LogP contribution in [0.1, 0.15) is 5.56 Å². The number of hydrogen-bond donors (Lipinski definition) is 1. The van der Waals surface area contributed by atoms with Gasteiger partial charge in [0.1, 0.15) is 17.3 Å². The van der Waals surface area contributed by atoms with E-state index < -0.39 is 0 Å². The van der Waals surface area contributed by atoms with Crippen LogP contribution < -0.4 is 4.74 Å². The predicted molar refractivity (Wildman–Crippen MR) is 74.2 cm³/mol. The van der Waals surface area contributed by atoms with Crippen molar-refractivity contribution in [2.24, 2.45) is 0 Å². The van der Waals surface area contributed by atoms with Crippen molar-refractivity contribution in [3.63, 3.8) is 0 Å². The SMILES string of the molecule is OCc1ccc(Oc2ccc(Br)c(F)c2)cc1Br. The number of rotatable bonds is 3. The maximum Gasteiger partial charge on any atom is 0.141 e. The van der Waals surface area contributed by atoms with Crippen molar-refractivity contribution in [1.29, 1.82) is 0 Å². The molecule has 5 heteroatoms. The largest absolute Gasteiger partial charge is 0.457 e. The van der Waals surface area contributed by atoms with E-state index in [1.165, 1.54) is 6.07 Å². The van der Waals surface area contributed by atoms with E-state index in [1.807, 2.05) is 0 Å². The average Bonchev–Trinajstić information content (AvgIpc) is 2.34. The van der Waals surface area contributed by atoms with E-state index in [-0.39, 0.29) is 12.4 Å². The van der Waals surface area contributed by atoms with Gasteiger partial charge in [-0.15, -0.1) is 0 Å². The summed E-state index contributed by atoms with van der Waals surface area (Å²) in [6.07, 6.45) is 0. The number of benzene rings is 2. The van der Waals surface area contributed by atoms with Crippen molar-refractivity contribution >= 4 is 31.9 Å². The van der Waals surface area contributed by atoms with Gasteiger partial charge in [0, 0.05) is 10.5 Å². The summed E-state index contributed by atoms with van der Waals surface area (Å²) in [6, 6.07) is 9.75. The summed E-state index contributed by atoms with van der Waals surface area (Å²) < 4.78 is 20.0. The van der Waals surface area contributed by atoms with Crippen LogP contribution >= 0.6 is 31.9 Å². The molecule has 0 aliphatic carbocycles. The second-order valence-electron chi connectivity index (χ2n) is 3.59. The van der Waals surface area contributed by atoms with Crippen LogP contribution in [0.15, 0.2) is 45.3 Å². The molecule has 0 saturated carbocycles. The molecule has 2 nitrogen and oxygen atoms in total. The fourth-order valence-electron chi connectivity index (χ4n) is 1.40. The Kier molecular flexibility index (Phi) is 4.37. The molecule has 0 amide bonds. The highest BCUT2D eigenvalue weighted by molar-refractivity contribution is 9.10. The summed E-state index contributed by atoms with van der Waals surface area (Å²) in [4.78, 5) is 0. The summed E-state index contributed by atoms with van der Waals surface area (Å²) in [7, 11) is 0. The standard InChI is InChI=1S/C13H9Br2FO2/c14-11-4-3-10(6-13(11)16)18-9-2-1-8(7-17)12(15)5-9/h1-6,17H,7H2. The van der Waals surface area contributed by atoms with Gasteiger partial charge in [0.25, 0.3) is 0 Å². The van der Waals surface area contributed by atoms with Gasteiger partial charge in [-0.3, -0.25) is 0 Å². The smallest absolute Gasteiger partial charge is 0.141 e. The molecule has 0 saturated heterocycles. The summed E-state index contributed by atoms with van der Waals surface area (Å²) in [6.45, 7) is -0.0478. The van der Waals surface area contributed by atoms with E-state index >= 15 is 0 Å². The zero-order chi connectivity index (χ0) is 13.1. The van der Waals surface area contributed by atoms with Gasteiger partial charge in [-0.25, -0.2) is 4.39 Å². The maximum absolute atomic E-state index is 13.3. The monoisotopic (exact) mass is 374 g/mol. The lowest BCUT2D eigenvalue weighted by Gasteiger charge is -2.08. The van der Waals surface area contributed by atoms with Crippen LogP contribution in [-0.4, -0.2) is 5.11 Å². The third kappa shape index (κ3) is 3.10. The first kappa shape index (κ1) is 13.5. The fraction of sp³-hybridized carbons (Fsp3) is 0.0769. The molecule has 1 N–H and O–H groups in total. The van der Waals surface area contributed by atoms with Crippen LogP contribution in [0.5, 0.6) is 11.5 Å². The molecule has 0 atom stereocenters. The molecule has 2 aromatic carbocycles. The lowest BCUT2D eigenvalue weighted by atomic mass is 10.2. The first-order valence-electron chi connectivity index (χ1n) is 5.12. The van der Waals surface area contributed by atoms with Crippen LogP contribution in [0.2, 0.25) is 0 Å². The predicted octanol–water partition coefficient (Wildman–Crippen LogP) is 4.64. The van der Waals surface area contributed by atoms with Crippen LogP contribution in [0.4, 0.5) is 4.39 Å². The Morgan fingerprint density at radius 3 is 2.28 bits per heavy atom. The first-order valence-corrected chi connectivity index (χ1v) is 6.71. The molecule has 2 aromatic rings. The van der Waals surface area contributed by atoms with Crippen molar-refractivity contribution in [3.8, 4) is 11.5 Å². The van der Waals surface area contributed by atoms with Crippen LogP contribution in [-0.2, 0) is 6.61 Å². The summed E-state index contributed by atoms with van der Waals surface area (Å²) in [5.74, 6) is 0.610. The van der Waals surface area contributed by atoms with E-state index in [1.54, 1.807) is 30.3 Å². The van der Waals surface area contributed by atoms with Crippen molar-refractivity contribution < 1.29 is 14.2 Å². The molecule has 18 heavy (non-hydrogen) atoms. The van der Waals surface area contributed by atoms with Crippen LogP contribution in [0.3, 0.4) is 0 Å². The zero-order valence-electron chi connectivity index (χ0n) is 9.16. The van der Waals surface area contributed by atoms with Crippen molar-refractivity contribution in [2.45, 2.75) is 6.61 Å². The first-order chi connectivity index (χ1) is 8.60. The molecule has 0 heterocycles. The second kappa shape index (κ2) is 5.82. The minimum atomic E-state index is -0.376. The lowest BCUT2D eigenvalue weighted by Crippen LogP contribution is -1.89. The van der Waals surface area contributed by atoms with Crippen molar-refractivity contribution in [1.82, 2.24) is 0 Å². The normalized spacial score (nSPS) is 10.4. The summed E-state index contributed by atoms with van der Waals surface area (Å²) in [5.41, 5.74) is 0.768. The highest BCUT2D eigenvalue weighted by atomic mass is 79.9. The Hall–Kier alpha value is -0.910. The molecule has 94 valence electrons. The summed E-state index contributed by atoms with van der Waals surface area (Å²) >= 11 is 6.40. The molecule has 0 bridgehead atoms. The Labute approximate surface area is 121 Å². The van der Waals surface area contributed by atoms with Gasteiger partial charge >= 0.3 is 0 Å². The number of halogens is 3. The van der Waals surface area contributed by atoms with Gasteiger partial charge in [-0.1, -0.05) is 22.0 Å². The highest BCUT2D eigenvalue weighted by Crippen LogP contribution is 2.29. The Balaban J connectivity index is 2.23. The third-order valence-electron chi connectivity index (χ3n) is 2.32. The van der Waals surface area contributed by atoms with E-state index in [0.29, 0.717) is 16.0 Å². The van der Waals surface area contributed by atoms with Gasteiger partial charge in [0.05, 0.1) is 11.1 Å². The fourth-order valence-corrected chi connectivity index (χ4v) is 2.13. The molecule has 2 rings (SSSR count). The molecule has 0 aromatic heterocycles. The lowest BCUT2D eigenvalue weighted by molar-refractivity contribution is 0.281. The van der Waals surface area contributed by atoms with Crippen molar-refractivity contribution in [2.75, 3.05) is 0 Å². The Bertz CT molecular complexity index is 573. The molecule has 0 radical (unpaired) electrons. The Morgan fingerprint density at radius 1 is 1.00 bits per heavy atom. The van der Waals surface area contributed by atoms with Crippen molar-refractivity contribution in [3.05, 3.63) is 56.7 Å². The minimum Gasteiger partial charge on any atom is -0.457 e. The average molecular weight is 376 g/mol. The quantitative estimate of drug-likeness (QED) is 0.847. The molecular weight excluding hydrogens is 367 g/mol. The Morgan fingerprint density at radius 2 is 1.67 bits per heavy atom. The molecular formula is C13H9Br2FO2. The van der Waals surface area contributed by atoms with E-state index in [0.717, 1.165) is 10.0 Å². The van der Waals surface area contributed by atoms with Gasteiger partial charge < -0.3 is 9.84 Å². The van der Waals surface area contributed by atoms with E-state index in [2.05, 4.69) is 31.9 Å². The molecule has 0 unspecified atom stereocenters. The van der Waals surface area contributed by atoms with Crippen LogP contribution in [0.25, 0.3) is 0 Å². The van der Waals surface area contributed by atoms with Gasteiger partial charge in [-0.05, 0) is 45.8 Å². The van der Waals surface area contributed by atoms with Crippen LogP contribution in [0, 0.1) is 5.82 Å².